The highest BCUT2D eigenvalue weighted by atomic mass is 35.5. The van der Waals surface area contributed by atoms with Gasteiger partial charge in [0.2, 0.25) is 5.91 Å². The predicted octanol–water partition coefficient (Wildman–Crippen LogP) is 1.19. The first-order chi connectivity index (χ1) is 7.09. The molecule has 0 spiro atoms. The number of halogens is 1. The lowest BCUT2D eigenvalue weighted by atomic mass is 10.1. The van der Waals surface area contributed by atoms with Crippen LogP contribution in [0, 0.1) is 5.92 Å². The fourth-order valence-electron chi connectivity index (χ4n) is 1.24. The molecule has 6 heteroatoms. The van der Waals surface area contributed by atoms with Crippen molar-refractivity contribution in [3.05, 3.63) is 0 Å². The third-order valence-corrected chi connectivity index (χ3v) is 3.60. The van der Waals surface area contributed by atoms with Crippen LogP contribution in [0.4, 0.5) is 4.79 Å². The Kier molecular flexibility index (Phi) is 5.25. The highest BCUT2D eigenvalue weighted by molar-refractivity contribution is 7.99. The van der Waals surface area contributed by atoms with Crippen molar-refractivity contribution in [3.63, 3.8) is 0 Å². The molecule has 1 fully saturated rings. The molecule has 2 atom stereocenters. The minimum absolute atomic E-state index is 0.454. The number of carbonyl (C=O) groups excluding carboxylic acids is 2. The summed E-state index contributed by atoms with van der Waals surface area (Å²) in [6, 6.07) is -0.454. The molecule has 0 aliphatic carbocycles. The Balaban J connectivity index is 2.15. The Hall–Kier alpha value is -0.420. The van der Waals surface area contributed by atoms with E-state index in [1.807, 2.05) is 11.8 Å². The molecule has 0 radical (unpaired) electrons. The van der Waals surface area contributed by atoms with Gasteiger partial charge in [-0.3, -0.25) is 10.1 Å². The Morgan fingerprint density at radius 2 is 2.33 bits per heavy atom. The van der Waals surface area contributed by atoms with Crippen molar-refractivity contribution in [1.29, 1.82) is 0 Å². The van der Waals surface area contributed by atoms with Gasteiger partial charge in [-0.1, -0.05) is 0 Å². The number of imide groups is 1. The Labute approximate surface area is 98.5 Å². The fourth-order valence-corrected chi connectivity index (χ4v) is 2.58. The zero-order valence-electron chi connectivity index (χ0n) is 8.59. The summed E-state index contributed by atoms with van der Waals surface area (Å²) < 4.78 is 0. The first kappa shape index (κ1) is 12.6. The summed E-state index contributed by atoms with van der Waals surface area (Å²) >= 11 is 7.40. The van der Waals surface area contributed by atoms with Gasteiger partial charge in [0, 0.05) is 6.54 Å². The second-order valence-electron chi connectivity index (χ2n) is 3.54. The van der Waals surface area contributed by atoms with Crippen LogP contribution in [0.25, 0.3) is 0 Å². The first-order valence-electron chi connectivity index (χ1n) is 4.90. The lowest BCUT2D eigenvalue weighted by molar-refractivity contribution is -0.119. The largest absolute Gasteiger partial charge is 0.337 e. The molecule has 2 N–H and O–H groups in total. The average Bonchev–Trinajstić information content (AvgIpc) is 2.66. The molecule has 1 aliphatic rings. The molecule has 0 aromatic carbocycles. The molecule has 86 valence electrons. The second-order valence-corrected chi connectivity index (χ2v) is 5.35. The van der Waals surface area contributed by atoms with Crippen LogP contribution in [0.5, 0.6) is 0 Å². The standard InChI is InChI=1S/C9H15ClN2O2S/c1-6(10)8(13)12-9(14)11-4-7-2-3-15-5-7/h6-7H,2-5H2,1H3,(H2,11,12,13,14). The van der Waals surface area contributed by atoms with E-state index in [1.54, 1.807) is 0 Å². The molecule has 4 nitrogen and oxygen atoms in total. The Bertz CT molecular complexity index is 242. The molecule has 15 heavy (non-hydrogen) atoms. The van der Waals surface area contributed by atoms with Crippen LogP contribution in [0.15, 0.2) is 0 Å². The van der Waals surface area contributed by atoms with E-state index in [4.69, 9.17) is 11.6 Å². The van der Waals surface area contributed by atoms with E-state index >= 15 is 0 Å². The maximum Gasteiger partial charge on any atom is 0.321 e. The van der Waals surface area contributed by atoms with Crippen LogP contribution in [0.3, 0.4) is 0 Å². The topological polar surface area (TPSA) is 58.2 Å². The van der Waals surface area contributed by atoms with Crippen molar-refractivity contribution < 1.29 is 9.59 Å². The summed E-state index contributed by atoms with van der Waals surface area (Å²) in [6.45, 7) is 2.15. The highest BCUT2D eigenvalue weighted by Gasteiger charge is 2.17. The van der Waals surface area contributed by atoms with Crippen molar-refractivity contribution in [2.24, 2.45) is 5.92 Å². The quantitative estimate of drug-likeness (QED) is 0.740. The number of amides is 3. The van der Waals surface area contributed by atoms with Crippen LogP contribution in [0.2, 0.25) is 0 Å². The smallest absolute Gasteiger partial charge is 0.321 e. The normalized spacial score (nSPS) is 22.1. The van der Waals surface area contributed by atoms with Crippen LogP contribution >= 0.6 is 23.4 Å². The highest BCUT2D eigenvalue weighted by Crippen LogP contribution is 2.22. The SMILES string of the molecule is CC(Cl)C(=O)NC(=O)NCC1CCSC1. The summed E-state index contributed by atoms with van der Waals surface area (Å²) in [5.41, 5.74) is 0. The van der Waals surface area contributed by atoms with Crippen LogP contribution < -0.4 is 10.6 Å². The van der Waals surface area contributed by atoms with Crippen LogP contribution in [-0.2, 0) is 4.79 Å². The summed E-state index contributed by atoms with van der Waals surface area (Å²) in [6.07, 6.45) is 1.13. The van der Waals surface area contributed by atoms with Crippen molar-refractivity contribution in [2.45, 2.75) is 18.7 Å². The van der Waals surface area contributed by atoms with E-state index in [1.165, 1.54) is 6.92 Å². The van der Waals surface area contributed by atoms with E-state index in [-0.39, 0.29) is 0 Å². The van der Waals surface area contributed by atoms with Crippen LogP contribution in [-0.4, -0.2) is 35.4 Å². The third kappa shape index (κ3) is 4.75. The molecule has 0 aromatic rings. The molecular formula is C9H15ClN2O2S. The molecular weight excluding hydrogens is 236 g/mol. The van der Waals surface area contributed by atoms with Gasteiger partial charge in [0.15, 0.2) is 0 Å². The molecule has 0 bridgehead atoms. The zero-order valence-corrected chi connectivity index (χ0v) is 10.2. The summed E-state index contributed by atoms with van der Waals surface area (Å²) in [4.78, 5) is 22.2. The van der Waals surface area contributed by atoms with E-state index in [0.717, 1.165) is 17.9 Å². The number of hydrogen-bond acceptors (Lipinski definition) is 3. The van der Waals surface area contributed by atoms with Gasteiger partial charge < -0.3 is 5.32 Å². The van der Waals surface area contributed by atoms with Gasteiger partial charge >= 0.3 is 6.03 Å². The number of rotatable bonds is 3. The monoisotopic (exact) mass is 250 g/mol. The lowest BCUT2D eigenvalue weighted by Gasteiger charge is -2.10. The molecule has 1 saturated heterocycles. The van der Waals surface area contributed by atoms with E-state index in [9.17, 15) is 9.59 Å². The molecule has 0 saturated carbocycles. The van der Waals surface area contributed by atoms with Crippen molar-refractivity contribution in [3.8, 4) is 0 Å². The molecule has 2 unspecified atom stereocenters. The van der Waals surface area contributed by atoms with Gasteiger partial charge in [0.1, 0.15) is 5.38 Å². The van der Waals surface area contributed by atoms with Crippen molar-refractivity contribution in [1.82, 2.24) is 10.6 Å². The maximum absolute atomic E-state index is 11.2. The summed E-state index contributed by atoms with van der Waals surface area (Å²) in [7, 11) is 0. The number of carbonyl (C=O) groups is 2. The van der Waals surface area contributed by atoms with Crippen LogP contribution in [0.1, 0.15) is 13.3 Å². The van der Waals surface area contributed by atoms with E-state index in [2.05, 4.69) is 10.6 Å². The van der Waals surface area contributed by atoms with Gasteiger partial charge in [-0.25, -0.2) is 4.79 Å². The number of nitrogens with one attached hydrogen (secondary N) is 2. The van der Waals surface area contributed by atoms with E-state index in [0.29, 0.717) is 12.5 Å². The number of alkyl halides is 1. The van der Waals surface area contributed by atoms with Gasteiger partial charge in [0.05, 0.1) is 0 Å². The Morgan fingerprint density at radius 3 is 2.87 bits per heavy atom. The van der Waals surface area contributed by atoms with Crippen molar-refractivity contribution in [2.75, 3.05) is 18.1 Å². The van der Waals surface area contributed by atoms with Crippen molar-refractivity contribution >= 4 is 35.3 Å². The minimum atomic E-state index is -0.683. The van der Waals surface area contributed by atoms with Gasteiger partial charge in [-0.2, -0.15) is 11.8 Å². The number of urea groups is 1. The first-order valence-corrected chi connectivity index (χ1v) is 6.49. The third-order valence-electron chi connectivity index (χ3n) is 2.17. The molecule has 1 aliphatic heterocycles. The minimum Gasteiger partial charge on any atom is -0.337 e. The summed E-state index contributed by atoms with van der Waals surface area (Å²) in [5, 5.41) is 4.16. The van der Waals surface area contributed by atoms with Gasteiger partial charge in [-0.05, 0) is 30.8 Å². The number of hydrogen-bond donors (Lipinski definition) is 2. The molecule has 0 aromatic heterocycles. The average molecular weight is 251 g/mol. The Morgan fingerprint density at radius 1 is 1.60 bits per heavy atom. The summed E-state index contributed by atoms with van der Waals surface area (Å²) in [5.74, 6) is 2.31. The van der Waals surface area contributed by atoms with Gasteiger partial charge in [0.25, 0.3) is 0 Å². The molecule has 3 amide bonds. The number of thioether (sulfide) groups is 1. The maximum atomic E-state index is 11.2. The predicted molar refractivity (Wildman–Crippen MR) is 62.3 cm³/mol. The lowest BCUT2D eigenvalue weighted by Crippen LogP contribution is -2.43. The van der Waals surface area contributed by atoms with Gasteiger partial charge in [-0.15, -0.1) is 11.6 Å². The second kappa shape index (κ2) is 6.23. The van der Waals surface area contributed by atoms with E-state index < -0.39 is 17.3 Å². The molecule has 1 rings (SSSR count). The zero-order chi connectivity index (χ0) is 11.3. The fraction of sp³-hybridized carbons (Fsp3) is 0.778. The molecule has 1 heterocycles.